The zero-order valence-corrected chi connectivity index (χ0v) is 8.73. The Morgan fingerprint density at radius 3 is 2.29 bits per heavy atom. The minimum atomic E-state index is -0.616. The maximum absolute atomic E-state index is 11.5. The molecule has 0 aliphatic carbocycles. The van der Waals surface area contributed by atoms with Gasteiger partial charge in [-0.3, -0.25) is 9.59 Å². The zero-order valence-electron chi connectivity index (χ0n) is 8.73. The normalized spacial score (nSPS) is 22.6. The van der Waals surface area contributed by atoms with Crippen molar-refractivity contribution < 1.29 is 14.7 Å². The summed E-state index contributed by atoms with van der Waals surface area (Å²) in [6, 6.07) is -0.305. The van der Waals surface area contributed by atoms with Crippen LogP contribution in [0.2, 0.25) is 0 Å². The largest absolute Gasteiger partial charge is 0.391 e. The molecule has 0 aromatic heterocycles. The van der Waals surface area contributed by atoms with Crippen LogP contribution in [-0.4, -0.2) is 59.0 Å². The summed E-state index contributed by atoms with van der Waals surface area (Å²) in [5.41, 5.74) is 0. The molecule has 1 aliphatic heterocycles. The summed E-state index contributed by atoms with van der Waals surface area (Å²) >= 11 is 0. The van der Waals surface area contributed by atoms with E-state index in [1.807, 2.05) is 0 Å². The average molecular weight is 200 g/mol. The second-order valence-electron chi connectivity index (χ2n) is 3.75. The third kappa shape index (κ3) is 2.04. The predicted molar refractivity (Wildman–Crippen MR) is 50.5 cm³/mol. The van der Waals surface area contributed by atoms with Crippen molar-refractivity contribution in [3.63, 3.8) is 0 Å². The molecule has 0 aromatic carbocycles. The van der Waals surface area contributed by atoms with Crippen molar-refractivity contribution in [3.8, 4) is 0 Å². The van der Waals surface area contributed by atoms with Gasteiger partial charge in [0.05, 0.1) is 18.7 Å². The fraction of sp³-hybridized carbons (Fsp3) is 0.778. The molecule has 1 heterocycles. The number of hydrogen-bond donors (Lipinski definition) is 1. The van der Waals surface area contributed by atoms with Crippen LogP contribution in [0.4, 0.5) is 0 Å². The SMILES string of the molecule is CC(O)C(C)N1CC(=O)N(C)CC1=O. The van der Waals surface area contributed by atoms with Crippen molar-refractivity contribution in [3.05, 3.63) is 0 Å². The molecular formula is C9H16N2O3. The number of aliphatic hydroxyl groups is 1. The van der Waals surface area contributed by atoms with Gasteiger partial charge in [-0.15, -0.1) is 0 Å². The Labute approximate surface area is 83.3 Å². The van der Waals surface area contributed by atoms with Crippen LogP contribution in [0.1, 0.15) is 13.8 Å². The van der Waals surface area contributed by atoms with Gasteiger partial charge in [-0.1, -0.05) is 0 Å². The second kappa shape index (κ2) is 3.96. The standard InChI is InChI=1S/C9H16N2O3/c1-6(7(2)12)11-5-8(13)10(3)4-9(11)14/h6-7,12H,4-5H2,1-3H3. The van der Waals surface area contributed by atoms with Crippen LogP contribution in [0.25, 0.3) is 0 Å². The van der Waals surface area contributed by atoms with E-state index in [1.165, 1.54) is 9.80 Å². The van der Waals surface area contributed by atoms with Gasteiger partial charge in [0, 0.05) is 7.05 Å². The smallest absolute Gasteiger partial charge is 0.242 e. The lowest BCUT2D eigenvalue weighted by atomic mass is 10.1. The molecule has 2 unspecified atom stereocenters. The van der Waals surface area contributed by atoms with Gasteiger partial charge in [-0.2, -0.15) is 0 Å². The van der Waals surface area contributed by atoms with Gasteiger partial charge < -0.3 is 14.9 Å². The van der Waals surface area contributed by atoms with Crippen molar-refractivity contribution >= 4 is 11.8 Å². The Balaban J connectivity index is 2.71. The van der Waals surface area contributed by atoms with Gasteiger partial charge in [0.1, 0.15) is 6.54 Å². The summed E-state index contributed by atoms with van der Waals surface area (Å²) in [5, 5.41) is 9.32. The fourth-order valence-electron chi connectivity index (χ4n) is 1.37. The summed E-state index contributed by atoms with van der Waals surface area (Å²) in [6.07, 6.45) is -0.616. The number of aliphatic hydroxyl groups excluding tert-OH is 1. The van der Waals surface area contributed by atoms with E-state index in [-0.39, 0.29) is 30.9 Å². The highest BCUT2D eigenvalue weighted by molar-refractivity contribution is 5.92. The van der Waals surface area contributed by atoms with Crippen molar-refractivity contribution in [2.45, 2.75) is 26.0 Å². The molecule has 5 nitrogen and oxygen atoms in total. The Kier molecular flexibility index (Phi) is 3.10. The van der Waals surface area contributed by atoms with Gasteiger partial charge >= 0.3 is 0 Å². The van der Waals surface area contributed by atoms with E-state index in [0.717, 1.165) is 0 Å². The first-order valence-corrected chi connectivity index (χ1v) is 4.65. The number of hydrogen-bond acceptors (Lipinski definition) is 3. The molecule has 14 heavy (non-hydrogen) atoms. The Bertz CT molecular complexity index is 252. The van der Waals surface area contributed by atoms with Crippen LogP contribution in [0.5, 0.6) is 0 Å². The lowest BCUT2D eigenvalue weighted by Gasteiger charge is -2.36. The number of nitrogens with zero attached hydrogens (tertiary/aromatic N) is 2. The number of likely N-dealkylation sites (N-methyl/N-ethyl adjacent to an activating group) is 1. The van der Waals surface area contributed by atoms with Gasteiger partial charge in [0.25, 0.3) is 0 Å². The summed E-state index contributed by atoms with van der Waals surface area (Å²) < 4.78 is 0. The summed E-state index contributed by atoms with van der Waals surface area (Å²) in [6.45, 7) is 3.53. The van der Waals surface area contributed by atoms with Crippen molar-refractivity contribution in [2.75, 3.05) is 20.1 Å². The molecular weight excluding hydrogens is 184 g/mol. The molecule has 1 rings (SSSR count). The van der Waals surface area contributed by atoms with Gasteiger partial charge in [-0.25, -0.2) is 0 Å². The van der Waals surface area contributed by atoms with E-state index in [4.69, 9.17) is 0 Å². The van der Waals surface area contributed by atoms with E-state index in [2.05, 4.69) is 0 Å². The van der Waals surface area contributed by atoms with Gasteiger partial charge in [0.15, 0.2) is 0 Å². The highest BCUT2D eigenvalue weighted by Gasteiger charge is 2.32. The first-order chi connectivity index (χ1) is 6.43. The molecule has 0 radical (unpaired) electrons. The van der Waals surface area contributed by atoms with Crippen LogP contribution in [-0.2, 0) is 9.59 Å². The maximum Gasteiger partial charge on any atom is 0.242 e. The van der Waals surface area contributed by atoms with Gasteiger partial charge in [-0.05, 0) is 13.8 Å². The van der Waals surface area contributed by atoms with E-state index in [9.17, 15) is 14.7 Å². The lowest BCUT2D eigenvalue weighted by molar-refractivity contribution is -0.152. The van der Waals surface area contributed by atoms with E-state index >= 15 is 0 Å². The molecule has 2 atom stereocenters. The van der Waals surface area contributed by atoms with E-state index in [1.54, 1.807) is 20.9 Å². The molecule has 1 N–H and O–H groups in total. The molecule has 2 amide bonds. The predicted octanol–water partition coefficient (Wildman–Crippen LogP) is -0.944. The Morgan fingerprint density at radius 2 is 1.79 bits per heavy atom. The number of rotatable bonds is 2. The topological polar surface area (TPSA) is 60.9 Å². The lowest BCUT2D eigenvalue weighted by Crippen LogP contribution is -2.57. The molecule has 1 saturated heterocycles. The molecule has 80 valence electrons. The van der Waals surface area contributed by atoms with E-state index < -0.39 is 6.10 Å². The van der Waals surface area contributed by atoms with Crippen molar-refractivity contribution in [2.24, 2.45) is 0 Å². The Morgan fingerprint density at radius 1 is 1.21 bits per heavy atom. The maximum atomic E-state index is 11.5. The van der Waals surface area contributed by atoms with Crippen molar-refractivity contribution in [1.29, 1.82) is 0 Å². The molecule has 1 fully saturated rings. The molecule has 0 aromatic rings. The third-order valence-electron chi connectivity index (χ3n) is 2.61. The zero-order chi connectivity index (χ0) is 10.9. The highest BCUT2D eigenvalue weighted by Crippen LogP contribution is 2.10. The Hall–Kier alpha value is -1.10. The molecule has 5 heteroatoms. The van der Waals surface area contributed by atoms with Crippen LogP contribution >= 0.6 is 0 Å². The second-order valence-corrected chi connectivity index (χ2v) is 3.75. The molecule has 0 spiro atoms. The van der Waals surface area contributed by atoms with Crippen LogP contribution in [0.3, 0.4) is 0 Å². The number of carbonyl (C=O) groups is 2. The summed E-state index contributed by atoms with van der Waals surface area (Å²) in [4.78, 5) is 25.7. The minimum absolute atomic E-state index is 0.0708. The summed E-state index contributed by atoms with van der Waals surface area (Å²) in [5.74, 6) is -0.197. The van der Waals surface area contributed by atoms with Crippen LogP contribution < -0.4 is 0 Å². The average Bonchev–Trinajstić information content (AvgIpc) is 2.10. The van der Waals surface area contributed by atoms with Crippen LogP contribution in [0, 0.1) is 0 Å². The highest BCUT2D eigenvalue weighted by atomic mass is 16.3. The fourth-order valence-corrected chi connectivity index (χ4v) is 1.37. The summed E-state index contributed by atoms with van der Waals surface area (Å²) in [7, 11) is 1.60. The first kappa shape index (κ1) is 11.0. The van der Waals surface area contributed by atoms with Crippen LogP contribution in [0.15, 0.2) is 0 Å². The number of piperazine rings is 1. The van der Waals surface area contributed by atoms with Crippen molar-refractivity contribution in [1.82, 2.24) is 9.80 Å². The number of carbonyl (C=O) groups excluding carboxylic acids is 2. The monoisotopic (exact) mass is 200 g/mol. The molecule has 0 saturated carbocycles. The van der Waals surface area contributed by atoms with Gasteiger partial charge in [0.2, 0.25) is 11.8 Å². The quantitative estimate of drug-likeness (QED) is 0.625. The third-order valence-corrected chi connectivity index (χ3v) is 2.61. The van der Waals surface area contributed by atoms with E-state index in [0.29, 0.717) is 0 Å². The molecule has 0 bridgehead atoms. The molecule has 1 aliphatic rings. The number of amides is 2. The first-order valence-electron chi connectivity index (χ1n) is 4.65. The minimum Gasteiger partial charge on any atom is -0.391 e.